The van der Waals surface area contributed by atoms with Crippen molar-refractivity contribution in [2.45, 2.75) is 0 Å². The van der Waals surface area contributed by atoms with Crippen molar-refractivity contribution in [3.8, 4) is 5.75 Å². The number of halogens is 1. The first kappa shape index (κ1) is 15.4. The zero-order chi connectivity index (χ0) is 15.2. The number of benzene rings is 1. The number of para-hydroxylation sites is 1. The van der Waals surface area contributed by atoms with Gasteiger partial charge in [0.1, 0.15) is 12.4 Å². The van der Waals surface area contributed by atoms with Gasteiger partial charge in [0.05, 0.1) is 11.4 Å². The van der Waals surface area contributed by atoms with Crippen LogP contribution in [0.15, 0.2) is 24.3 Å². The van der Waals surface area contributed by atoms with Gasteiger partial charge in [0.2, 0.25) is 0 Å². The molecular formula is C14H17ClN2O4. The molecule has 1 aliphatic heterocycles. The van der Waals surface area contributed by atoms with Gasteiger partial charge in [-0.25, -0.2) is 4.79 Å². The second-order valence-electron chi connectivity index (χ2n) is 4.60. The number of amides is 2. The molecule has 1 aromatic carbocycles. The number of carbonyl (C=O) groups is 2. The number of phenolic OH excluding ortho intramolecular Hbond substituents is 1. The van der Waals surface area contributed by atoms with Gasteiger partial charge in [-0.2, -0.15) is 0 Å². The minimum Gasteiger partial charge on any atom is -0.507 e. The van der Waals surface area contributed by atoms with Crippen molar-refractivity contribution < 1.29 is 19.4 Å². The largest absolute Gasteiger partial charge is 0.507 e. The summed E-state index contributed by atoms with van der Waals surface area (Å²) in [5.41, 5.74) is 0.274. The Labute approximate surface area is 127 Å². The average Bonchev–Trinajstić information content (AvgIpc) is 2.52. The summed E-state index contributed by atoms with van der Waals surface area (Å²) in [5, 5.41) is 9.70. The van der Waals surface area contributed by atoms with Crippen LogP contribution in [-0.2, 0) is 4.74 Å². The number of carbonyl (C=O) groups excluding carboxylic acids is 2. The zero-order valence-electron chi connectivity index (χ0n) is 11.5. The summed E-state index contributed by atoms with van der Waals surface area (Å²) in [7, 11) is 0. The average molecular weight is 313 g/mol. The fourth-order valence-electron chi connectivity index (χ4n) is 2.13. The lowest BCUT2D eigenvalue weighted by molar-refractivity contribution is 0.0569. The van der Waals surface area contributed by atoms with E-state index in [2.05, 4.69) is 0 Å². The Balaban J connectivity index is 1.91. The van der Waals surface area contributed by atoms with Crippen LogP contribution in [0.4, 0.5) is 4.79 Å². The molecule has 0 spiro atoms. The van der Waals surface area contributed by atoms with Gasteiger partial charge in [0.25, 0.3) is 5.91 Å². The molecule has 0 aliphatic carbocycles. The number of piperazine rings is 1. The molecule has 1 saturated heterocycles. The first-order chi connectivity index (χ1) is 10.1. The van der Waals surface area contributed by atoms with Gasteiger partial charge in [-0.1, -0.05) is 12.1 Å². The zero-order valence-corrected chi connectivity index (χ0v) is 12.3. The van der Waals surface area contributed by atoms with Crippen molar-refractivity contribution in [2.24, 2.45) is 0 Å². The summed E-state index contributed by atoms with van der Waals surface area (Å²) in [5.74, 6) is -0.00868. The van der Waals surface area contributed by atoms with Crippen molar-refractivity contribution in [1.82, 2.24) is 9.80 Å². The molecule has 21 heavy (non-hydrogen) atoms. The van der Waals surface area contributed by atoms with E-state index in [4.69, 9.17) is 16.3 Å². The Morgan fingerprint density at radius 1 is 1.14 bits per heavy atom. The Morgan fingerprint density at radius 2 is 1.76 bits per heavy atom. The third kappa shape index (κ3) is 3.78. The Kier molecular flexibility index (Phi) is 5.27. The van der Waals surface area contributed by atoms with E-state index in [0.29, 0.717) is 26.2 Å². The summed E-state index contributed by atoms with van der Waals surface area (Å²) in [4.78, 5) is 27.1. The lowest BCUT2D eigenvalue weighted by Crippen LogP contribution is -2.50. The highest BCUT2D eigenvalue weighted by atomic mass is 35.5. The number of rotatable bonds is 3. The number of alkyl halides is 1. The predicted octanol–water partition coefficient (Wildman–Crippen LogP) is 1.53. The van der Waals surface area contributed by atoms with Crippen molar-refractivity contribution in [3.05, 3.63) is 29.8 Å². The molecule has 1 fully saturated rings. The van der Waals surface area contributed by atoms with Gasteiger partial charge in [0, 0.05) is 26.2 Å². The fourth-order valence-corrected chi connectivity index (χ4v) is 2.21. The van der Waals surface area contributed by atoms with E-state index in [1.54, 1.807) is 28.0 Å². The Hall–Kier alpha value is -1.95. The van der Waals surface area contributed by atoms with E-state index in [-0.39, 0.29) is 29.7 Å². The molecule has 2 rings (SSSR count). The summed E-state index contributed by atoms with van der Waals surface area (Å²) in [6, 6.07) is 6.43. The molecule has 0 unspecified atom stereocenters. The maximum Gasteiger partial charge on any atom is 0.409 e. The molecule has 1 aromatic rings. The molecule has 7 heteroatoms. The highest BCUT2D eigenvalue weighted by Gasteiger charge is 2.26. The number of nitrogens with zero attached hydrogens (tertiary/aromatic N) is 2. The molecule has 6 nitrogen and oxygen atoms in total. The third-order valence-corrected chi connectivity index (χ3v) is 3.42. The second kappa shape index (κ2) is 7.17. The lowest BCUT2D eigenvalue weighted by Gasteiger charge is -2.34. The maximum absolute atomic E-state index is 12.3. The van der Waals surface area contributed by atoms with Crippen LogP contribution >= 0.6 is 11.6 Å². The second-order valence-corrected chi connectivity index (χ2v) is 4.98. The highest BCUT2D eigenvalue weighted by Crippen LogP contribution is 2.18. The van der Waals surface area contributed by atoms with Gasteiger partial charge in [0.15, 0.2) is 0 Å². The number of aromatic hydroxyl groups is 1. The van der Waals surface area contributed by atoms with Crippen LogP contribution in [0.2, 0.25) is 0 Å². The molecule has 1 aliphatic rings. The molecule has 0 saturated carbocycles. The molecule has 114 valence electrons. The normalized spacial score (nSPS) is 14.9. The Bertz CT molecular complexity index is 515. The molecular weight excluding hydrogens is 296 g/mol. The number of phenols is 1. The van der Waals surface area contributed by atoms with Crippen LogP contribution in [0.1, 0.15) is 10.4 Å². The smallest absolute Gasteiger partial charge is 0.409 e. The maximum atomic E-state index is 12.3. The highest BCUT2D eigenvalue weighted by molar-refractivity contribution is 6.18. The molecule has 0 radical (unpaired) electrons. The standard InChI is InChI=1S/C14H17ClN2O4/c15-5-10-21-14(20)17-8-6-16(7-9-17)13(19)11-3-1-2-4-12(11)18/h1-4,18H,5-10H2. The van der Waals surface area contributed by atoms with Gasteiger partial charge < -0.3 is 19.6 Å². The molecule has 0 atom stereocenters. The van der Waals surface area contributed by atoms with Crippen molar-refractivity contribution in [2.75, 3.05) is 38.7 Å². The molecule has 0 aromatic heterocycles. The minimum absolute atomic E-state index is 0.0357. The van der Waals surface area contributed by atoms with E-state index in [1.165, 1.54) is 6.07 Å². The summed E-state index contributed by atoms with van der Waals surface area (Å²) in [6.07, 6.45) is -0.412. The fraction of sp³-hybridized carbons (Fsp3) is 0.429. The van der Waals surface area contributed by atoms with Crippen LogP contribution < -0.4 is 0 Å². The van der Waals surface area contributed by atoms with Crippen LogP contribution in [-0.4, -0.2) is 65.6 Å². The molecule has 1 N–H and O–H groups in total. The molecule has 1 heterocycles. The van der Waals surface area contributed by atoms with E-state index in [0.717, 1.165) is 0 Å². The summed E-state index contributed by atoms with van der Waals surface area (Å²) >= 11 is 5.46. The van der Waals surface area contributed by atoms with E-state index in [1.807, 2.05) is 0 Å². The lowest BCUT2D eigenvalue weighted by atomic mass is 10.1. The van der Waals surface area contributed by atoms with E-state index in [9.17, 15) is 14.7 Å². The number of hydrogen-bond acceptors (Lipinski definition) is 4. The van der Waals surface area contributed by atoms with Crippen LogP contribution in [0, 0.1) is 0 Å². The molecule has 0 bridgehead atoms. The van der Waals surface area contributed by atoms with E-state index >= 15 is 0 Å². The first-order valence-corrected chi connectivity index (χ1v) is 7.22. The monoisotopic (exact) mass is 312 g/mol. The predicted molar refractivity (Wildman–Crippen MR) is 77.7 cm³/mol. The number of ether oxygens (including phenoxy) is 1. The van der Waals surface area contributed by atoms with Gasteiger partial charge in [-0.05, 0) is 12.1 Å². The first-order valence-electron chi connectivity index (χ1n) is 6.68. The Morgan fingerprint density at radius 3 is 2.38 bits per heavy atom. The van der Waals surface area contributed by atoms with Crippen LogP contribution in [0.5, 0.6) is 5.75 Å². The molecule has 2 amide bonds. The van der Waals surface area contributed by atoms with Gasteiger partial charge in [-0.3, -0.25) is 4.79 Å². The van der Waals surface area contributed by atoms with Crippen molar-refractivity contribution >= 4 is 23.6 Å². The van der Waals surface area contributed by atoms with Crippen molar-refractivity contribution in [1.29, 1.82) is 0 Å². The SMILES string of the molecule is O=C(OCCCl)N1CCN(C(=O)c2ccccc2O)CC1. The van der Waals surface area contributed by atoms with Gasteiger partial charge >= 0.3 is 6.09 Å². The quantitative estimate of drug-likeness (QED) is 0.859. The van der Waals surface area contributed by atoms with Crippen molar-refractivity contribution in [3.63, 3.8) is 0 Å². The van der Waals surface area contributed by atoms with Gasteiger partial charge in [-0.15, -0.1) is 11.6 Å². The van der Waals surface area contributed by atoms with Crippen LogP contribution in [0.25, 0.3) is 0 Å². The van der Waals surface area contributed by atoms with E-state index < -0.39 is 6.09 Å². The summed E-state index contributed by atoms with van der Waals surface area (Å²) in [6.45, 7) is 1.80. The summed E-state index contributed by atoms with van der Waals surface area (Å²) < 4.78 is 4.94. The third-order valence-electron chi connectivity index (χ3n) is 3.26. The topological polar surface area (TPSA) is 70.1 Å². The van der Waals surface area contributed by atoms with Crippen LogP contribution in [0.3, 0.4) is 0 Å². The number of hydrogen-bond donors (Lipinski definition) is 1. The minimum atomic E-state index is -0.412.